The fraction of sp³-hybridized carbons (Fsp3) is 0.588. The Morgan fingerprint density at radius 2 is 2.09 bits per heavy atom. The Bertz CT molecular complexity index is 528. The molecule has 1 saturated heterocycles. The standard InChI is InChI=1S/C17H24FN3.HI/c1-19-16(21-12-10-17(13-21)8-4-9-17)20-11-7-14-5-2-3-6-15(14)18;/h2-3,5-6H,4,7-13H2,1H3,(H,19,20);1H. The molecule has 3 nitrogen and oxygen atoms in total. The largest absolute Gasteiger partial charge is 0.356 e. The van der Waals surface area contributed by atoms with Crippen LogP contribution in [0.25, 0.3) is 0 Å². The van der Waals surface area contributed by atoms with Crippen LogP contribution in [0.2, 0.25) is 0 Å². The van der Waals surface area contributed by atoms with E-state index >= 15 is 0 Å². The highest BCUT2D eigenvalue weighted by molar-refractivity contribution is 14.0. The molecular formula is C17H25FIN3. The highest BCUT2D eigenvalue weighted by atomic mass is 127. The van der Waals surface area contributed by atoms with Crippen LogP contribution in [-0.2, 0) is 6.42 Å². The van der Waals surface area contributed by atoms with Gasteiger partial charge in [0.1, 0.15) is 5.82 Å². The Hall–Kier alpha value is -0.850. The number of hydrogen-bond donors (Lipinski definition) is 1. The predicted octanol–water partition coefficient (Wildman–Crippen LogP) is 3.44. The zero-order valence-corrected chi connectivity index (χ0v) is 15.5. The van der Waals surface area contributed by atoms with E-state index in [1.54, 1.807) is 6.07 Å². The lowest BCUT2D eigenvalue weighted by atomic mass is 9.68. The maximum atomic E-state index is 13.6. The van der Waals surface area contributed by atoms with Crippen LogP contribution < -0.4 is 5.32 Å². The summed E-state index contributed by atoms with van der Waals surface area (Å²) in [6.07, 6.45) is 6.10. The van der Waals surface area contributed by atoms with Crippen molar-refractivity contribution < 1.29 is 4.39 Å². The van der Waals surface area contributed by atoms with Crippen molar-refractivity contribution in [2.75, 3.05) is 26.7 Å². The van der Waals surface area contributed by atoms with Crippen molar-refractivity contribution in [1.29, 1.82) is 0 Å². The van der Waals surface area contributed by atoms with Gasteiger partial charge in [0.15, 0.2) is 5.96 Å². The summed E-state index contributed by atoms with van der Waals surface area (Å²) in [5.74, 6) is 0.846. The normalized spacial score (nSPS) is 19.7. The van der Waals surface area contributed by atoms with Crippen molar-refractivity contribution in [2.24, 2.45) is 10.4 Å². The molecule has 0 amide bonds. The molecule has 1 aliphatic heterocycles. The third-order valence-electron chi connectivity index (χ3n) is 5.00. The predicted molar refractivity (Wildman–Crippen MR) is 99.4 cm³/mol. The molecule has 1 heterocycles. The third-order valence-corrected chi connectivity index (χ3v) is 5.00. The minimum absolute atomic E-state index is 0. The molecule has 0 bridgehead atoms. The van der Waals surface area contributed by atoms with Gasteiger partial charge in [-0.3, -0.25) is 4.99 Å². The zero-order valence-electron chi connectivity index (χ0n) is 13.1. The molecule has 0 atom stereocenters. The topological polar surface area (TPSA) is 27.6 Å². The first-order chi connectivity index (χ1) is 10.2. The second-order valence-electron chi connectivity index (χ2n) is 6.34. The van der Waals surface area contributed by atoms with E-state index in [1.807, 2.05) is 19.2 Å². The summed E-state index contributed by atoms with van der Waals surface area (Å²) in [4.78, 5) is 6.75. The van der Waals surface area contributed by atoms with Crippen LogP contribution in [0.5, 0.6) is 0 Å². The lowest BCUT2D eigenvalue weighted by molar-refractivity contribution is 0.151. The first-order valence-corrected chi connectivity index (χ1v) is 7.91. The van der Waals surface area contributed by atoms with E-state index < -0.39 is 0 Å². The van der Waals surface area contributed by atoms with E-state index in [2.05, 4.69) is 15.2 Å². The highest BCUT2D eigenvalue weighted by Crippen LogP contribution is 2.47. The van der Waals surface area contributed by atoms with Crippen LogP contribution in [0, 0.1) is 11.2 Å². The lowest BCUT2D eigenvalue weighted by Gasteiger charge is -2.38. The maximum Gasteiger partial charge on any atom is 0.193 e. The van der Waals surface area contributed by atoms with Crippen molar-refractivity contribution in [1.82, 2.24) is 10.2 Å². The molecule has 2 aliphatic rings. The van der Waals surface area contributed by atoms with Crippen molar-refractivity contribution in [3.63, 3.8) is 0 Å². The number of hydrogen-bond acceptors (Lipinski definition) is 1. The molecule has 0 radical (unpaired) electrons. The minimum atomic E-state index is -0.121. The van der Waals surface area contributed by atoms with Gasteiger partial charge in [-0.25, -0.2) is 4.39 Å². The average Bonchev–Trinajstić information content (AvgIpc) is 2.91. The lowest BCUT2D eigenvalue weighted by Crippen LogP contribution is -2.43. The van der Waals surface area contributed by atoms with Crippen molar-refractivity contribution in [2.45, 2.75) is 32.1 Å². The van der Waals surface area contributed by atoms with Gasteiger partial charge in [0.25, 0.3) is 0 Å². The van der Waals surface area contributed by atoms with Crippen molar-refractivity contribution in [3.8, 4) is 0 Å². The fourth-order valence-electron chi connectivity index (χ4n) is 3.54. The molecule has 0 unspecified atom stereocenters. The molecule has 1 aromatic carbocycles. The van der Waals surface area contributed by atoms with E-state index in [0.717, 1.165) is 31.2 Å². The molecule has 1 saturated carbocycles. The van der Waals surface area contributed by atoms with Gasteiger partial charge in [0.2, 0.25) is 0 Å². The number of nitrogens with one attached hydrogen (secondary N) is 1. The van der Waals surface area contributed by atoms with Crippen LogP contribution in [0.15, 0.2) is 29.3 Å². The first-order valence-electron chi connectivity index (χ1n) is 7.91. The summed E-state index contributed by atoms with van der Waals surface area (Å²) in [6.45, 7) is 2.95. The first kappa shape index (κ1) is 17.5. The fourth-order valence-corrected chi connectivity index (χ4v) is 3.54. The second kappa shape index (κ2) is 7.62. The Morgan fingerprint density at radius 1 is 1.32 bits per heavy atom. The summed E-state index contributed by atoms with van der Waals surface area (Å²) in [5, 5.41) is 3.38. The third kappa shape index (κ3) is 3.73. The molecule has 1 spiro atoms. The van der Waals surface area contributed by atoms with Gasteiger partial charge in [0, 0.05) is 26.7 Å². The summed E-state index contributed by atoms with van der Waals surface area (Å²) in [7, 11) is 1.83. The highest BCUT2D eigenvalue weighted by Gasteiger charge is 2.43. The average molecular weight is 417 g/mol. The van der Waals surface area contributed by atoms with E-state index in [1.165, 1.54) is 31.7 Å². The number of likely N-dealkylation sites (tertiary alicyclic amines) is 1. The van der Waals surface area contributed by atoms with Gasteiger partial charge in [0.05, 0.1) is 0 Å². The Labute approximate surface area is 149 Å². The molecule has 2 fully saturated rings. The number of nitrogens with zero attached hydrogens (tertiary/aromatic N) is 2. The Kier molecular flexibility index (Phi) is 6.06. The van der Waals surface area contributed by atoms with Gasteiger partial charge in [-0.05, 0) is 42.7 Å². The summed E-state index contributed by atoms with van der Waals surface area (Å²) in [6, 6.07) is 6.98. The molecular weight excluding hydrogens is 392 g/mol. The smallest absolute Gasteiger partial charge is 0.193 e. The summed E-state index contributed by atoms with van der Waals surface area (Å²) < 4.78 is 13.6. The van der Waals surface area contributed by atoms with Crippen LogP contribution in [0.3, 0.4) is 0 Å². The Morgan fingerprint density at radius 3 is 2.68 bits per heavy atom. The van der Waals surface area contributed by atoms with E-state index in [0.29, 0.717) is 11.8 Å². The number of benzene rings is 1. The molecule has 122 valence electrons. The van der Waals surface area contributed by atoms with Gasteiger partial charge >= 0.3 is 0 Å². The zero-order chi connectivity index (χ0) is 14.7. The second-order valence-corrected chi connectivity index (χ2v) is 6.34. The number of guanidine groups is 1. The van der Waals surface area contributed by atoms with Gasteiger partial charge in [-0.15, -0.1) is 24.0 Å². The van der Waals surface area contributed by atoms with Gasteiger partial charge in [-0.1, -0.05) is 24.6 Å². The number of aliphatic imine (C=N–C) groups is 1. The van der Waals surface area contributed by atoms with Gasteiger partial charge in [-0.2, -0.15) is 0 Å². The molecule has 1 N–H and O–H groups in total. The monoisotopic (exact) mass is 417 g/mol. The molecule has 3 rings (SSSR count). The van der Waals surface area contributed by atoms with Crippen molar-refractivity contribution in [3.05, 3.63) is 35.6 Å². The van der Waals surface area contributed by atoms with E-state index in [4.69, 9.17) is 0 Å². The van der Waals surface area contributed by atoms with Crippen LogP contribution in [-0.4, -0.2) is 37.5 Å². The summed E-state index contributed by atoms with van der Waals surface area (Å²) >= 11 is 0. The van der Waals surface area contributed by atoms with E-state index in [9.17, 15) is 4.39 Å². The molecule has 1 aliphatic carbocycles. The molecule has 0 aromatic heterocycles. The summed E-state index contributed by atoms with van der Waals surface area (Å²) in [5.41, 5.74) is 1.33. The minimum Gasteiger partial charge on any atom is -0.356 e. The van der Waals surface area contributed by atoms with Crippen LogP contribution >= 0.6 is 24.0 Å². The van der Waals surface area contributed by atoms with Gasteiger partial charge < -0.3 is 10.2 Å². The van der Waals surface area contributed by atoms with Crippen LogP contribution in [0.4, 0.5) is 4.39 Å². The molecule has 1 aromatic rings. The Balaban J connectivity index is 0.00000176. The van der Waals surface area contributed by atoms with Crippen molar-refractivity contribution >= 4 is 29.9 Å². The quantitative estimate of drug-likeness (QED) is 0.464. The number of halogens is 2. The SMILES string of the molecule is CN=C(NCCc1ccccc1F)N1CCC2(CCC2)C1.I. The van der Waals surface area contributed by atoms with E-state index in [-0.39, 0.29) is 29.8 Å². The molecule has 22 heavy (non-hydrogen) atoms. The maximum absolute atomic E-state index is 13.6. The molecule has 5 heteroatoms. The van der Waals surface area contributed by atoms with Crippen LogP contribution in [0.1, 0.15) is 31.2 Å². The number of rotatable bonds is 3.